The number of hydrogen-bond acceptors (Lipinski definition) is 8. The Bertz CT molecular complexity index is 1960. The van der Waals surface area contributed by atoms with Crippen molar-refractivity contribution in [1.82, 2.24) is 5.32 Å². The molecule has 10 nitrogen and oxygen atoms in total. The number of rotatable bonds is 14. The lowest BCUT2D eigenvalue weighted by Crippen LogP contribution is -2.30. The fourth-order valence-electron chi connectivity index (χ4n) is 4.84. The predicted molar refractivity (Wildman–Crippen MR) is 200 cm³/mol. The molecule has 0 saturated carbocycles. The summed E-state index contributed by atoms with van der Waals surface area (Å²) < 4.78 is 22.2. The van der Waals surface area contributed by atoms with E-state index in [1.54, 1.807) is 78.9 Å². The Morgan fingerprint density at radius 2 is 1.22 bits per heavy atom. The molecule has 0 aliphatic rings. The highest BCUT2D eigenvalue weighted by molar-refractivity contribution is 8.00. The molecule has 0 aliphatic heterocycles. The lowest BCUT2D eigenvalue weighted by molar-refractivity contribution is -0.115. The van der Waals surface area contributed by atoms with Gasteiger partial charge in [-0.1, -0.05) is 36.4 Å². The van der Waals surface area contributed by atoms with Gasteiger partial charge in [-0.15, -0.1) is 11.8 Å². The number of nitrogens with one attached hydrogen (secondary N) is 3. The third-order valence-corrected chi connectivity index (χ3v) is 8.53. The van der Waals surface area contributed by atoms with Gasteiger partial charge in [0, 0.05) is 21.8 Å². The molecular formula is C40H37N3O7S. The fraction of sp³-hybridized carbons (Fsp3) is 0.125. The van der Waals surface area contributed by atoms with E-state index in [2.05, 4.69) is 16.0 Å². The van der Waals surface area contributed by atoms with Gasteiger partial charge in [-0.3, -0.25) is 14.4 Å². The van der Waals surface area contributed by atoms with Gasteiger partial charge in [0.15, 0.2) is 11.5 Å². The first-order chi connectivity index (χ1) is 24.8. The molecule has 0 heterocycles. The van der Waals surface area contributed by atoms with E-state index >= 15 is 0 Å². The number of hydrogen-bond donors (Lipinski definition) is 3. The van der Waals surface area contributed by atoms with Crippen molar-refractivity contribution in [2.75, 3.05) is 32.0 Å². The summed E-state index contributed by atoms with van der Waals surface area (Å²) in [6, 6.07) is 35.6. The van der Waals surface area contributed by atoms with Crippen molar-refractivity contribution < 1.29 is 33.3 Å². The summed E-state index contributed by atoms with van der Waals surface area (Å²) in [6.45, 7) is 1.82. The average molecular weight is 704 g/mol. The highest BCUT2D eigenvalue weighted by Crippen LogP contribution is 2.38. The molecule has 3 amide bonds. The van der Waals surface area contributed by atoms with Gasteiger partial charge < -0.3 is 34.9 Å². The van der Waals surface area contributed by atoms with Crippen molar-refractivity contribution in [2.45, 2.75) is 17.1 Å². The summed E-state index contributed by atoms with van der Waals surface area (Å²) in [5, 5.41) is 8.10. The van der Waals surface area contributed by atoms with Crippen molar-refractivity contribution in [3.63, 3.8) is 0 Å². The monoisotopic (exact) mass is 703 g/mol. The van der Waals surface area contributed by atoms with Crippen molar-refractivity contribution in [3.05, 3.63) is 138 Å². The molecule has 260 valence electrons. The molecule has 5 aromatic rings. The number of carbonyl (C=O) groups excluding carboxylic acids is 3. The topological polar surface area (TPSA) is 124 Å². The maximum Gasteiger partial charge on any atom is 0.272 e. The van der Waals surface area contributed by atoms with Crippen molar-refractivity contribution in [3.8, 4) is 28.7 Å². The van der Waals surface area contributed by atoms with E-state index in [-0.39, 0.29) is 11.6 Å². The van der Waals surface area contributed by atoms with E-state index < -0.39 is 17.1 Å². The van der Waals surface area contributed by atoms with Gasteiger partial charge in [0.1, 0.15) is 17.2 Å². The lowest BCUT2D eigenvalue weighted by Gasteiger charge is -2.15. The van der Waals surface area contributed by atoms with E-state index in [0.29, 0.717) is 45.5 Å². The Morgan fingerprint density at radius 3 is 1.80 bits per heavy atom. The summed E-state index contributed by atoms with van der Waals surface area (Å²) in [4.78, 5) is 40.5. The number of thioether (sulfide) groups is 1. The third kappa shape index (κ3) is 9.93. The summed E-state index contributed by atoms with van der Waals surface area (Å²) in [5.74, 6) is 1.39. The summed E-state index contributed by atoms with van der Waals surface area (Å²) in [7, 11) is 4.48. The first-order valence-electron chi connectivity index (χ1n) is 15.9. The largest absolute Gasteiger partial charge is 0.493 e. The molecule has 11 heteroatoms. The van der Waals surface area contributed by atoms with Crippen LogP contribution in [0.3, 0.4) is 0 Å². The molecule has 0 aliphatic carbocycles. The average Bonchev–Trinajstić information content (AvgIpc) is 3.16. The number of amides is 3. The second-order valence-electron chi connectivity index (χ2n) is 11.0. The third-order valence-electron chi connectivity index (χ3n) is 7.42. The molecule has 0 fully saturated rings. The van der Waals surface area contributed by atoms with E-state index in [1.807, 2.05) is 49.4 Å². The summed E-state index contributed by atoms with van der Waals surface area (Å²) >= 11 is 1.38. The zero-order valence-corrected chi connectivity index (χ0v) is 29.3. The molecule has 3 N–H and O–H groups in total. The molecule has 0 saturated heterocycles. The summed E-state index contributed by atoms with van der Waals surface area (Å²) in [5.41, 5.74) is 2.04. The van der Waals surface area contributed by atoms with Crippen LogP contribution in [0.4, 0.5) is 11.4 Å². The highest BCUT2D eigenvalue weighted by atomic mass is 32.2. The highest BCUT2D eigenvalue weighted by Gasteiger charge is 2.19. The van der Waals surface area contributed by atoms with Crippen LogP contribution in [-0.4, -0.2) is 44.3 Å². The molecule has 1 unspecified atom stereocenters. The molecule has 5 rings (SSSR count). The Labute approximate surface area is 300 Å². The van der Waals surface area contributed by atoms with Gasteiger partial charge in [-0.25, -0.2) is 0 Å². The van der Waals surface area contributed by atoms with E-state index in [4.69, 9.17) is 18.9 Å². The molecular weight excluding hydrogens is 667 g/mol. The van der Waals surface area contributed by atoms with E-state index in [0.717, 1.165) is 10.6 Å². The van der Waals surface area contributed by atoms with Crippen LogP contribution in [0.5, 0.6) is 28.7 Å². The second-order valence-corrected chi connectivity index (χ2v) is 12.4. The number of para-hydroxylation sites is 1. The number of anilines is 2. The minimum Gasteiger partial charge on any atom is -0.493 e. The second kappa shape index (κ2) is 17.5. The molecule has 51 heavy (non-hydrogen) atoms. The van der Waals surface area contributed by atoms with Crippen molar-refractivity contribution in [2.24, 2.45) is 0 Å². The normalized spacial score (nSPS) is 11.5. The van der Waals surface area contributed by atoms with Gasteiger partial charge in [0.05, 0.1) is 26.6 Å². The van der Waals surface area contributed by atoms with E-state index in [9.17, 15) is 14.4 Å². The van der Waals surface area contributed by atoms with Crippen molar-refractivity contribution in [1.29, 1.82) is 0 Å². The van der Waals surface area contributed by atoms with Crippen LogP contribution in [0.15, 0.2) is 132 Å². The zero-order valence-electron chi connectivity index (χ0n) is 28.5. The maximum absolute atomic E-state index is 13.6. The van der Waals surface area contributed by atoms with Crippen LogP contribution in [-0.2, 0) is 9.59 Å². The minimum absolute atomic E-state index is 0.0125. The van der Waals surface area contributed by atoms with Crippen LogP contribution < -0.4 is 34.9 Å². The van der Waals surface area contributed by atoms with Gasteiger partial charge in [-0.05, 0) is 103 Å². The van der Waals surface area contributed by atoms with E-state index in [1.165, 1.54) is 39.2 Å². The van der Waals surface area contributed by atoms with Gasteiger partial charge in [-0.2, -0.15) is 0 Å². The summed E-state index contributed by atoms with van der Waals surface area (Å²) in [6.07, 6.45) is 1.52. The number of methoxy groups -OCH3 is 3. The SMILES string of the molecule is COc1cc(/C=C(\NC(=O)c2ccccc2)C(=O)Nc2ccc(SC(C)C(=O)Nc3ccc(Oc4ccccc4)cc3)cc2)cc(OC)c1OC. The number of carbonyl (C=O) groups is 3. The maximum atomic E-state index is 13.6. The Balaban J connectivity index is 1.25. The lowest BCUT2D eigenvalue weighted by atomic mass is 10.1. The first-order valence-corrected chi connectivity index (χ1v) is 16.7. The van der Waals surface area contributed by atoms with Crippen LogP contribution in [0.25, 0.3) is 6.08 Å². The standard InChI is InChI=1S/C40H37N3O7S/c1-26(38(44)41-29-15-19-32(20-16-29)50-31-13-9-6-10-14-31)51-33-21-17-30(18-22-33)42-40(46)34(43-39(45)28-11-7-5-8-12-28)23-27-24-35(47-2)37(49-4)36(25-27)48-3/h5-26H,1-4H3,(H,41,44)(H,42,46)(H,43,45)/b34-23-. The van der Waals surface area contributed by atoms with Gasteiger partial charge >= 0.3 is 0 Å². The molecule has 0 spiro atoms. The predicted octanol–water partition coefficient (Wildman–Crippen LogP) is 8.03. The van der Waals surface area contributed by atoms with Crippen LogP contribution in [0, 0.1) is 0 Å². The minimum atomic E-state index is -0.554. The number of ether oxygens (including phenoxy) is 4. The van der Waals surface area contributed by atoms with Crippen LogP contribution >= 0.6 is 11.8 Å². The molecule has 5 aromatic carbocycles. The molecule has 0 bridgehead atoms. The fourth-order valence-corrected chi connectivity index (χ4v) is 5.71. The Hall–Kier alpha value is -6.20. The quantitative estimate of drug-likeness (QED) is 0.0785. The van der Waals surface area contributed by atoms with Gasteiger partial charge in [0.25, 0.3) is 11.8 Å². The number of benzene rings is 5. The molecule has 1 atom stereocenters. The smallest absolute Gasteiger partial charge is 0.272 e. The first kappa shape index (κ1) is 36.1. The zero-order chi connectivity index (χ0) is 36.2. The Kier molecular flexibility index (Phi) is 12.4. The van der Waals surface area contributed by atoms with Crippen LogP contribution in [0.2, 0.25) is 0 Å². The van der Waals surface area contributed by atoms with Crippen molar-refractivity contribution >= 4 is 46.9 Å². The molecule has 0 radical (unpaired) electrons. The molecule has 0 aromatic heterocycles. The Morgan fingerprint density at radius 1 is 0.667 bits per heavy atom. The van der Waals surface area contributed by atoms with Gasteiger partial charge in [0.2, 0.25) is 11.7 Å². The van der Waals surface area contributed by atoms with Crippen LogP contribution in [0.1, 0.15) is 22.8 Å².